The van der Waals surface area contributed by atoms with Gasteiger partial charge >= 0.3 is 0 Å². The van der Waals surface area contributed by atoms with Crippen LogP contribution in [0.5, 0.6) is 0 Å². The van der Waals surface area contributed by atoms with Crippen LogP contribution in [0.25, 0.3) is 0 Å². The van der Waals surface area contributed by atoms with Crippen molar-refractivity contribution in [2.24, 2.45) is 5.92 Å². The molecular weight excluding hydrogens is 282 g/mol. The summed E-state index contributed by atoms with van der Waals surface area (Å²) in [7, 11) is 0. The van der Waals surface area contributed by atoms with Gasteiger partial charge in [0.15, 0.2) is 0 Å². The van der Waals surface area contributed by atoms with Crippen LogP contribution >= 0.6 is 0 Å². The Morgan fingerprint density at radius 2 is 1.57 bits per heavy atom. The smallest absolute Gasteiger partial charge is 0.0709 e. The monoisotopic (exact) mass is 309 g/mol. The summed E-state index contributed by atoms with van der Waals surface area (Å²) >= 11 is 0. The van der Waals surface area contributed by atoms with E-state index in [0.29, 0.717) is 0 Å². The summed E-state index contributed by atoms with van der Waals surface area (Å²) in [5.74, 6) is 0.185. The van der Waals surface area contributed by atoms with Crippen molar-refractivity contribution in [1.29, 1.82) is 0 Å². The summed E-state index contributed by atoms with van der Waals surface area (Å²) in [6.45, 7) is 4.34. The molecule has 0 radical (unpaired) electrons. The third-order valence-electron chi connectivity index (χ3n) is 5.33. The van der Waals surface area contributed by atoms with Gasteiger partial charge in [0.25, 0.3) is 0 Å². The first-order valence-electron chi connectivity index (χ1n) is 8.72. The molecule has 2 nitrogen and oxygen atoms in total. The van der Waals surface area contributed by atoms with Crippen molar-refractivity contribution < 1.29 is 5.11 Å². The molecule has 1 fully saturated rings. The first-order chi connectivity index (χ1) is 11.1. The average Bonchev–Trinajstić information content (AvgIpc) is 2.59. The van der Waals surface area contributed by atoms with Crippen LogP contribution in [-0.4, -0.2) is 10.7 Å². The molecule has 1 aliphatic heterocycles. The van der Waals surface area contributed by atoms with E-state index in [-0.39, 0.29) is 18.0 Å². The zero-order valence-corrected chi connectivity index (χ0v) is 14.1. The molecule has 0 aliphatic carbocycles. The molecule has 0 aromatic heterocycles. The first-order valence-corrected chi connectivity index (χ1v) is 8.72. The Hall–Kier alpha value is -1.64. The highest BCUT2D eigenvalue weighted by Crippen LogP contribution is 2.45. The van der Waals surface area contributed by atoms with Gasteiger partial charge in [-0.3, -0.25) is 0 Å². The maximum absolute atomic E-state index is 11.4. The second-order valence-electron chi connectivity index (χ2n) is 6.86. The standard InChI is InChI=1S/C21H27NO/c1-3-14-21(23)15-19(17-10-6-4-7-11-17)22-20(16(21)2)18-12-8-5-9-13-18/h4-13,16,19-20,22-23H,3,14-15H2,1-2H3/t16-,19-,20-,21+/m0/s1. The molecule has 122 valence electrons. The Labute approximate surface area is 139 Å². The van der Waals surface area contributed by atoms with E-state index in [1.165, 1.54) is 11.1 Å². The fraction of sp³-hybridized carbons (Fsp3) is 0.429. The lowest BCUT2D eigenvalue weighted by Gasteiger charge is -2.48. The summed E-state index contributed by atoms with van der Waals surface area (Å²) < 4.78 is 0. The zero-order valence-electron chi connectivity index (χ0n) is 14.1. The van der Waals surface area contributed by atoms with Crippen LogP contribution in [0.15, 0.2) is 60.7 Å². The lowest BCUT2D eigenvalue weighted by atomic mass is 9.70. The fourth-order valence-corrected chi connectivity index (χ4v) is 3.98. The van der Waals surface area contributed by atoms with E-state index in [4.69, 9.17) is 0 Å². The molecule has 4 atom stereocenters. The lowest BCUT2D eigenvalue weighted by Crippen LogP contribution is -2.52. The summed E-state index contributed by atoms with van der Waals surface area (Å²) in [6.07, 6.45) is 2.63. The van der Waals surface area contributed by atoms with Gasteiger partial charge < -0.3 is 10.4 Å². The summed E-state index contributed by atoms with van der Waals surface area (Å²) in [5.41, 5.74) is 1.89. The van der Waals surface area contributed by atoms with Crippen LogP contribution in [0.1, 0.15) is 56.3 Å². The molecule has 1 heterocycles. The van der Waals surface area contributed by atoms with Crippen LogP contribution in [0.4, 0.5) is 0 Å². The topological polar surface area (TPSA) is 32.3 Å². The summed E-state index contributed by atoms with van der Waals surface area (Å²) in [6, 6.07) is 21.4. The number of nitrogens with one attached hydrogen (secondary N) is 1. The van der Waals surface area contributed by atoms with Gasteiger partial charge in [-0.05, 0) is 24.0 Å². The molecule has 0 amide bonds. The molecule has 0 saturated carbocycles. The van der Waals surface area contributed by atoms with E-state index in [1.54, 1.807) is 0 Å². The Kier molecular flexibility index (Phi) is 4.84. The highest BCUT2D eigenvalue weighted by Gasteiger charge is 2.45. The predicted octanol–water partition coefficient (Wildman–Crippen LogP) is 4.63. The number of piperidine rings is 1. The molecule has 2 N–H and O–H groups in total. The van der Waals surface area contributed by atoms with E-state index < -0.39 is 5.60 Å². The minimum atomic E-state index is -0.624. The minimum Gasteiger partial charge on any atom is -0.389 e. The third-order valence-corrected chi connectivity index (χ3v) is 5.33. The highest BCUT2D eigenvalue weighted by atomic mass is 16.3. The third kappa shape index (κ3) is 3.34. The lowest BCUT2D eigenvalue weighted by molar-refractivity contribution is -0.0743. The van der Waals surface area contributed by atoms with Gasteiger partial charge in [-0.25, -0.2) is 0 Å². The molecule has 2 heteroatoms. The number of aliphatic hydroxyl groups is 1. The van der Waals surface area contributed by atoms with Crippen molar-refractivity contribution in [2.75, 3.05) is 0 Å². The molecule has 3 rings (SSSR count). The fourth-order valence-electron chi connectivity index (χ4n) is 3.98. The van der Waals surface area contributed by atoms with Crippen molar-refractivity contribution in [3.8, 4) is 0 Å². The summed E-state index contributed by atoms with van der Waals surface area (Å²) in [5, 5.41) is 15.2. The minimum absolute atomic E-state index is 0.173. The van der Waals surface area contributed by atoms with E-state index in [2.05, 4.69) is 67.7 Å². The Morgan fingerprint density at radius 3 is 2.13 bits per heavy atom. The molecule has 1 aliphatic rings. The molecule has 2 aromatic rings. The van der Waals surface area contributed by atoms with Crippen LogP contribution in [0, 0.1) is 5.92 Å². The van der Waals surface area contributed by atoms with Crippen molar-refractivity contribution >= 4 is 0 Å². The largest absolute Gasteiger partial charge is 0.389 e. The Bertz CT molecular complexity index is 612. The van der Waals surface area contributed by atoms with E-state index >= 15 is 0 Å². The number of rotatable bonds is 4. The average molecular weight is 309 g/mol. The molecule has 0 bridgehead atoms. The van der Waals surface area contributed by atoms with Gasteiger partial charge in [-0.15, -0.1) is 0 Å². The quantitative estimate of drug-likeness (QED) is 0.863. The highest BCUT2D eigenvalue weighted by molar-refractivity contribution is 5.26. The van der Waals surface area contributed by atoms with Crippen LogP contribution in [0.2, 0.25) is 0 Å². The molecule has 2 aromatic carbocycles. The first kappa shape index (κ1) is 16.2. The van der Waals surface area contributed by atoms with Crippen molar-refractivity contribution in [3.63, 3.8) is 0 Å². The predicted molar refractivity (Wildman–Crippen MR) is 95.1 cm³/mol. The Balaban J connectivity index is 1.95. The van der Waals surface area contributed by atoms with Gasteiger partial charge in [0, 0.05) is 18.0 Å². The van der Waals surface area contributed by atoms with Crippen molar-refractivity contribution in [3.05, 3.63) is 71.8 Å². The second kappa shape index (κ2) is 6.86. The van der Waals surface area contributed by atoms with Crippen LogP contribution in [-0.2, 0) is 0 Å². The van der Waals surface area contributed by atoms with Crippen molar-refractivity contribution in [2.45, 2.75) is 50.8 Å². The van der Waals surface area contributed by atoms with Crippen molar-refractivity contribution in [1.82, 2.24) is 5.32 Å². The maximum Gasteiger partial charge on any atom is 0.0709 e. The molecule has 0 unspecified atom stereocenters. The zero-order chi connectivity index (χ0) is 16.3. The van der Waals surface area contributed by atoms with Gasteiger partial charge in [0.2, 0.25) is 0 Å². The SMILES string of the molecule is CCC[C@@]1(O)C[C@@H](c2ccccc2)N[C@H](c2ccccc2)[C@@H]1C. The van der Waals surface area contributed by atoms with E-state index in [0.717, 1.165) is 19.3 Å². The van der Waals surface area contributed by atoms with Gasteiger partial charge in [-0.2, -0.15) is 0 Å². The van der Waals surface area contributed by atoms with Gasteiger partial charge in [-0.1, -0.05) is 80.9 Å². The Morgan fingerprint density at radius 1 is 1.00 bits per heavy atom. The molecule has 23 heavy (non-hydrogen) atoms. The van der Waals surface area contributed by atoms with E-state index in [9.17, 15) is 5.11 Å². The van der Waals surface area contributed by atoms with Gasteiger partial charge in [0.05, 0.1) is 5.60 Å². The molecule has 0 spiro atoms. The van der Waals surface area contributed by atoms with Gasteiger partial charge in [0.1, 0.15) is 0 Å². The number of benzene rings is 2. The number of hydrogen-bond acceptors (Lipinski definition) is 2. The number of hydrogen-bond donors (Lipinski definition) is 2. The van der Waals surface area contributed by atoms with Crippen LogP contribution in [0.3, 0.4) is 0 Å². The molecule has 1 saturated heterocycles. The van der Waals surface area contributed by atoms with Crippen LogP contribution < -0.4 is 5.32 Å². The second-order valence-corrected chi connectivity index (χ2v) is 6.86. The van der Waals surface area contributed by atoms with E-state index in [1.807, 2.05) is 12.1 Å². The summed E-state index contributed by atoms with van der Waals surface area (Å²) in [4.78, 5) is 0. The maximum atomic E-state index is 11.4. The molecular formula is C21H27NO. The normalized spacial score (nSPS) is 31.0.